The lowest BCUT2D eigenvalue weighted by Crippen LogP contribution is -2.13. The molecule has 0 saturated heterocycles. The Morgan fingerprint density at radius 3 is 2.50 bits per heavy atom. The number of rotatable bonds is 3. The number of benzene rings is 2. The molecular weight excluding hydrogens is 279 g/mol. The topological polar surface area (TPSA) is 62.0 Å². The maximum Gasteiger partial charge on any atom is 0.261 e. The molecule has 4 nitrogen and oxygen atoms in total. The number of halogens is 1. The predicted octanol–water partition coefficient (Wildman–Crippen LogP) is 3.11. The second-order valence-electron chi connectivity index (χ2n) is 4.30. The van der Waals surface area contributed by atoms with Gasteiger partial charge in [0.2, 0.25) is 0 Å². The lowest BCUT2D eigenvalue weighted by molar-refractivity contribution is 0.599. The zero-order valence-electron chi connectivity index (χ0n) is 10.3. The summed E-state index contributed by atoms with van der Waals surface area (Å²) in [5, 5.41) is 0.776. The van der Waals surface area contributed by atoms with E-state index in [0.29, 0.717) is 5.69 Å². The van der Waals surface area contributed by atoms with E-state index in [1.54, 1.807) is 24.4 Å². The smallest absolute Gasteiger partial charge is 0.261 e. The Balaban J connectivity index is 2.01. The van der Waals surface area contributed by atoms with Crippen molar-refractivity contribution in [2.75, 3.05) is 4.72 Å². The average Bonchev–Trinajstić information content (AvgIpc) is 2.88. The monoisotopic (exact) mass is 290 g/mol. The molecule has 3 aromatic rings. The molecule has 0 amide bonds. The third kappa shape index (κ3) is 2.25. The first kappa shape index (κ1) is 12.7. The van der Waals surface area contributed by atoms with Crippen LogP contribution >= 0.6 is 0 Å². The minimum Gasteiger partial charge on any atom is -0.361 e. The fraction of sp³-hybridized carbons (Fsp3) is 0. The minimum atomic E-state index is -3.73. The molecule has 102 valence electrons. The van der Waals surface area contributed by atoms with Crippen LogP contribution in [0.1, 0.15) is 0 Å². The SMILES string of the molecule is O=S(=O)(Nc1cccc2[nH]ccc12)c1ccc(F)cc1. The van der Waals surface area contributed by atoms with E-state index in [0.717, 1.165) is 23.0 Å². The van der Waals surface area contributed by atoms with Crippen LogP contribution in [0.3, 0.4) is 0 Å². The molecule has 0 radical (unpaired) electrons. The molecule has 1 heterocycles. The van der Waals surface area contributed by atoms with Crippen LogP contribution < -0.4 is 4.72 Å². The summed E-state index contributed by atoms with van der Waals surface area (Å²) < 4.78 is 39.8. The molecule has 3 rings (SSSR count). The van der Waals surface area contributed by atoms with Crippen molar-refractivity contribution in [1.29, 1.82) is 0 Å². The highest BCUT2D eigenvalue weighted by molar-refractivity contribution is 7.92. The van der Waals surface area contributed by atoms with E-state index in [-0.39, 0.29) is 4.90 Å². The van der Waals surface area contributed by atoms with Crippen molar-refractivity contribution >= 4 is 26.6 Å². The molecule has 1 aromatic heterocycles. The average molecular weight is 290 g/mol. The van der Waals surface area contributed by atoms with E-state index >= 15 is 0 Å². The molecular formula is C14H11FN2O2S. The number of aromatic nitrogens is 1. The van der Waals surface area contributed by atoms with Gasteiger partial charge in [0.1, 0.15) is 5.82 Å². The highest BCUT2D eigenvalue weighted by Crippen LogP contribution is 2.24. The molecule has 0 aliphatic carbocycles. The van der Waals surface area contributed by atoms with Crippen LogP contribution in [-0.4, -0.2) is 13.4 Å². The number of hydrogen-bond donors (Lipinski definition) is 2. The number of anilines is 1. The summed E-state index contributed by atoms with van der Waals surface area (Å²) >= 11 is 0. The first-order valence-electron chi connectivity index (χ1n) is 5.91. The van der Waals surface area contributed by atoms with Crippen LogP contribution in [0.4, 0.5) is 10.1 Å². The largest absolute Gasteiger partial charge is 0.361 e. The molecule has 20 heavy (non-hydrogen) atoms. The number of aromatic amines is 1. The van der Waals surface area contributed by atoms with Gasteiger partial charge in [-0.05, 0) is 42.5 Å². The second-order valence-corrected chi connectivity index (χ2v) is 5.99. The Morgan fingerprint density at radius 1 is 1.00 bits per heavy atom. The molecule has 0 aliphatic rings. The van der Waals surface area contributed by atoms with Gasteiger partial charge in [-0.25, -0.2) is 12.8 Å². The molecule has 0 saturated carbocycles. The van der Waals surface area contributed by atoms with Crippen molar-refractivity contribution in [1.82, 2.24) is 4.98 Å². The van der Waals surface area contributed by atoms with Crippen molar-refractivity contribution < 1.29 is 12.8 Å². The summed E-state index contributed by atoms with van der Waals surface area (Å²) in [6, 6.07) is 11.8. The van der Waals surface area contributed by atoms with Crippen molar-refractivity contribution in [2.24, 2.45) is 0 Å². The molecule has 0 fully saturated rings. The summed E-state index contributed by atoms with van der Waals surface area (Å²) in [4.78, 5) is 3.03. The van der Waals surface area contributed by atoms with Crippen molar-refractivity contribution in [3.8, 4) is 0 Å². The van der Waals surface area contributed by atoms with Crippen LogP contribution in [-0.2, 0) is 10.0 Å². The molecule has 2 aromatic carbocycles. The first-order chi connectivity index (χ1) is 9.56. The fourth-order valence-electron chi connectivity index (χ4n) is 1.99. The zero-order valence-corrected chi connectivity index (χ0v) is 11.1. The van der Waals surface area contributed by atoms with Gasteiger partial charge >= 0.3 is 0 Å². The molecule has 6 heteroatoms. The van der Waals surface area contributed by atoms with Gasteiger partial charge in [-0.2, -0.15) is 0 Å². The lowest BCUT2D eigenvalue weighted by Gasteiger charge is -2.09. The minimum absolute atomic E-state index is 0.0199. The summed E-state index contributed by atoms with van der Waals surface area (Å²) in [5.74, 6) is -0.475. The number of nitrogens with one attached hydrogen (secondary N) is 2. The quantitative estimate of drug-likeness (QED) is 0.778. The van der Waals surface area contributed by atoms with E-state index in [4.69, 9.17) is 0 Å². The highest BCUT2D eigenvalue weighted by atomic mass is 32.2. The Bertz CT molecular complexity index is 854. The number of fused-ring (bicyclic) bond motifs is 1. The molecule has 0 unspecified atom stereocenters. The highest BCUT2D eigenvalue weighted by Gasteiger charge is 2.15. The number of hydrogen-bond acceptors (Lipinski definition) is 2. The normalized spacial score (nSPS) is 11.7. The van der Waals surface area contributed by atoms with E-state index in [1.807, 2.05) is 6.07 Å². The lowest BCUT2D eigenvalue weighted by atomic mass is 10.2. The zero-order chi connectivity index (χ0) is 14.2. The van der Waals surface area contributed by atoms with Gasteiger partial charge in [0.25, 0.3) is 10.0 Å². The van der Waals surface area contributed by atoms with Gasteiger partial charge in [-0.15, -0.1) is 0 Å². The van der Waals surface area contributed by atoms with Gasteiger partial charge in [0, 0.05) is 17.1 Å². The summed E-state index contributed by atoms with van der Waals surface area (Å²) in [6.45, 7) is 0. The summed E-state index contributed by atoms with van der Waals surface area (Å²) in [5.41, 5.74) is 1.32. The Kier molecular flexibility index (Phi) is 2.94. The van der Waals surface area contributed by atoms with E-state index in [1.165, 1.54) is 12.1 Å². The third-order valence-corrected chi connectivity index (χ3v) is 4.34. The predicted molar refractivity (Wildman–Crippen MR) is 75.5 cm³/mol. The van der Waals surface area contributed by atoms with Crippen molar-refractivity contribution in [3.63, 3.8) is 0 Å². The van der Waals surface area contributed by atoms with E-state index in [2.05, 4.69) is 9.71 Å². The van der Waals surface area contributed by atoms with Gasteiger partial charge in [0.05, 0.1) is 10.6 Å². The van der Waals surface area contributed by atoms with Crippen LogP contribution in [0.2, 0.25) is 0 Å². The van der Waals surface area contributed by atoms with Crippen LogP contribution in [0, 0.1) is 5.82 Å². The Morgan fingerprint density at radius 2 is 1.75 bits per heavy atom. The standard InChI is InChI=1S/C14H11FN2O2S/c15-10-4-6-11(7-5-10)20(18,19)17-14-3-1-2-13-12(14)8-9-16-13/h1-9,16-17H. The maximum atomic E-state index is 12.8. The van der Waals surface area contributed by atoms with Gasteiger partial charge < -0.3 is 4.98 Å². The molecule has 0 spiro atoms. The van der Waals surface area contributed by atoms with E-state index in [9.17, 15) is 12.8 Å². The van der Waals surface area contributed by atoms with Crippen LogP contribution in [0.15, 0.2) is 59.6 Å². The van der Waals surface area contributed by atoms with Gasteiger partial charge in [-0.3, -0.25) is 4.72 Å². The molecule has 0 bridgehead atoms. The van der Waals surface area contributed by atoms with Gasteiger partial charge in [0.15, 0.2) is 0 Å². The molecule has 0 aliphatic heterocycles. The Hall–Kier alpha value is -2.34. The first-order valence-corrected chi connectivity index (χ1v) is 7.39. The molecule has 0 atom stereocenters. The van der Waals surface area contributed by atoms with Crippen LogP contribution in [0.5, 0.6) is 0 Å². The van der Waals surface area contributed by atoms with Crippen molar-refractivity contribution in [2.45, 2.75) is 4.90 Å². The summed E-state index contributed by atoms with van der Waals surface area (Å²) in [7, 11) is -3.73. The van der Waals surface area contributed by atoms with Gasteiger partial charge in [-0.1, -0.05) is 6.07 Å². The second kappa shape index (κ2) is 4.64. The third-order valence-electron chi connectivity index (χ3n) is 2.96. The Labute approximate surface area is 115 Å². The van der Waals surface area contributed by atoms with Crippen molar-refractivity contribution in [3.05, 3.63) is 60.5 Å². The number of sulfonamides is 1. The molecule has 2 N–H and O–H groups in total. The van der Waals surface area contributed by atoms with E-state index < -0.39 is 15.8 Å². The fourth-order valence-corrected chi connectivity index (χ4v) is 3.07. The summed E-state index contributed by atoms with van der Waals surface area (Å²) in [6.07, 6.45) is 1.74. The maximum absolute atomic E-state index is 12.8. The number of H-pyrrole nitrogens is 1. The van der Waals surface area contributed by atoms with Crippen LogP contribution in [0.25, 0.3) is 10.9 Å².